The van der Waals surface area contributed by atoms with Crippen molar-refractivity contribution in [2.75, 3.05) is 25.0 Å². The van der Waals surface area contributed by atoms with Gasteiger partial charge in [0, 0.05) is 6.04 Å². The largest absolute Gasteiger partial charge is 0.395 e. The number of nitrogens with zero attached hydrogens (tertiary/aromatic N) is 2. The second kappa shape index (κ2) is 5.87. The van der Waals surface area contributed by atoms with Crippen LogP contribution in [-0.4, -0.2) is 46.6 Å². The number of aromatic nitrogens is 1. The van der Waals surface area contributed by atoms with Crippen molar-refractivity contribution in [3.8, 4) is 0 Å². The van der Waals surface area contributed by atoms with Gasteiger partial charge < -0.3 is 10.4 Å². The molecule has 0 spiro atoms. The minimum Gasteiger partial charge on any atom is -0.395 e. The van der Waals surface area contributed by atoms with E-state index in [9.17, 15) is 9.90 Å². The molecule has 0 radical (unpaired) electrons. The van der Waals surface area contributed by atoms with Gasteiger partial charge in [0.1, 0.15) is 0 Å². The van der Waals surface area contributed by atoms with Gasteiger partial charge >= 0.3 is 0 Å². The van der Waals surface area contributed by atoms with E-state index < -0.39 is 0 Å². The van der Waals surface area contributed by atoms with Gasteiger partial charge in [-0.1, -0.05) is 23.5 Å². The molecular weight excluding hydrogens is 274 g/mol. The number of anilines is 1. The lowest BCUT2D eigenvalue weighted by Crippen LogP contribution is -2.38. The summed E-state index contributed by atoms with van der Waals surface area (Å²) in [5.74, 6) is -0.0654. The van der Waals surface area contributed by atoms with Crippen molar-refractivity contribution in [1.82, 2.24) is 9.88 Å². The Kier molecular flexibility index (Phi) is 3.95. The van der Waals surface area contributed by atoms with E-state index in [1.54, 1.807) is 0 Å². The normalized spacial score (nSPS) is 19.6. The van der Waals surface area contributed by atoms with Gasteiger partial charge in [-0.3, -0.25) is 9.69 Å². The molecule has 5 nitrogen and oxygen atoms in total. The third-order valence-corrected chi connectivity index (χ3v) is 4.55. The molecule has 3 rings (SSSR count). The lowest BCUT2D eigenvalue weighted by atomic mass is 10.2. The third-order valence-electron chi connectivity index (χ3n) is 3.60. The molecule has 1 atom stereocenters. The fraction of sp³-hybridized carbons (Fsp3) is 0.429. The predicted octanol–water partition coefficient (Wildman–Crippen LogP) is 1.69. The van der Waals surface area contributed by atoms with E-state index in [-0.39, 0.29) is 18.6 Å². The van der Waals surface area contributed by atoms with Crippen LogP contribution >= 0.6 is 11.3 Å². The second-order valence-corrected chi connectivity index (χ2v) is 6.01. The first kappa shape index (κ1) is 13.5. The smallest absolute Gasteiger partial charge is 0.240 e. The zero-order valence-electron chi connectivity index (χ0n) is 11.1. The zero-order valence-corrected chi connectivity index (χ0v) is 11.9. The number of amides is 1. The highest BCUT2D eigenvalue weighted by Crippen LogP contribution is 2.25. The maximum atomic E-state index is 12.0. The first-order valence-electron chi connectivity index (χ1n) is 6.76. The molecule has 1 fully saturated rings. The minimum atomic E-state index is -0.0654. The standard InChI is InChI=1S/C14H17N3O2S/c18-9-10-4-3-7-17(10)8-13(19)16-14-15-11-5-1-2-6-12(11)20-14/h1-2,5-6,10,18H,3-4,7-9H2,(H,15,16,19). The van der Waals surface area contributed by atoms with E-state index >= 15 is 0 Å². The Hall–Kier alpha value is -1.50. The number of thiazole rings is 1. The highest BCUT2D eigenvalue weighted by Gasteiger charge is 2.25. The molecule has 2 N–H and O–H groups in total. The average Bonchev–Trinajstić information content (AvgIpc) is 3.03. The highest BCUT2D eigenvalue weighted by molar-refractivity contribution is 7.22. The number of rotatable bonds is 4. The summed E-state index contributed by atoms with van der Waals surface area (Å²) in [6.45, 7) is 1.31. The van der Waals surface area contributed by atoms with Crippen molar-refractivity contribution < 1.29 is 9.90 Å². The van der Waals surface area contributed by atoms with Gasteiger partial charge in [0.25, 0.3) is 0 Å². The molecule has 20 heavy (non-hydrogen) atoms. The van der Waals surface area contributed by atoms with E-state index in [2.05, 4.69) is 10.3 Å². The summed E-state index contributed by atoms with van der Waals surface area (Å²) in [5, 5.41) is 12.7. The maximum Gasteiger partial charge on any atom is 0.240 e. The molecule has 2 heterocycles. The number of para-hydroxylation sites is 1. The van der Waals surface area contributed by atoms with Crippen LogP contribution < -0.4 is 5.32 Å². The van der Waals surface area contributed by atoms with Crippen molar-refractivity contribution in [1.29, 1.82) is 0 Å². The summed E-state index contributed by atoms with van der Waals surface area (Å²) in [6.07, 6.45) is 2.00. The Morgan fingerprint density at radius 1 is 1.50 bits per heavy atom. The Morgan fingerprint density at radius 2 is 2.35 bits per heavy atom. The molecule has 1 aliphatic heterocycles. The van der Waals surface area contributed by atoms with Gasteiger partial charge in [0.2, 0.25) is 5.91 Å². The molecule has 1 saturated heterocycles. The van der Waals surface area contributed by atoms with E-state index in [1.165, 1.54) is 11.3 Å². The summed E-state index contributed by atoms with van der Waals surface area (Å²) in [4.78, 5) is 18.5. The number of aliphatic hydroxyl groups excluding tert-OH is 1. The minimum absolute atomic E-state index is 0.0654. The Morgan fingerprint density at radius 3 is 3.15 bits per heavy atom. The number of carbonyl (C=O) groups excluding carboxylic acids is 1. The van der Waals surface area contributed by atoms with E-state index in [4.69, 9.17) is 0 Å². The van der Waals surface area contributed by atoms with Crippen LogP contribution in [0, 0.1) is 0 Å². The number of nitrogens with one attached hydrogen (secondary N) is 1. The van der Waals surface area contributed by atoms with Crippen molar-refractivity contribution in [2.24, 2.45) is 0 Å². The van der Waals surface area contributed by atoms with Crippen LogP contribution in [0.3, 0.4) is 0 Å². The van der Waals surface area contributed by atoms with Crippen LogP contribution in [0.25, 0.3) is 10.2 Å². The summed E-state index contributed by atoms with van der Waals surface area (Å²) in [5.41, 5.74) is 0.905. The summed E-state index contributed by atoms with van der Waals surface area (Å²) < 4.78 is 1.07. The zero-order chi connectivity index (χ0) is 13.9. The first-order chi connectivity index (χ1) is 9.76. The summed E-state index contributed by atoms with van der Waals surface area (Å²) in [7, 11) is 0. The Labute approximate surface area is 121 Å². The fourth-order valence-electron chi connectivity index (χ4n) is 2.58. The predicted molar refractivity (Wildman–Crippen MR) is 79.9 cm³/mol. The van der Waals surface area contributed by atoms with Crippen LogP contribution in [0.4, 0.5) is 5.13 Å². The van der Waals surface area contributed by atoms with Gasteiger partial charge in [-0.25, -0.2) is 4.98 Å². The van der Waals surface area contributed by atoms with Crippen molar-refractivity contribution in [3.63, 3.8) is 0 Å². The number of likely N-dealkylation sites (tertiary alicyclic amines) is 1. The maximum absolute atomic E-state index is 12.0. The Bertz CT molecular complexity index is 580. The number of aliphatic hydroxyl groups is 1. The Balaban J connectivity index is 1.63. The monoisotopic (exact) mass is 291 g/mol. The highest BCUT2D eigenvalue weighted by atomic mass is 32.1. The summed E-state index contributed by atoms with van der Waals surface area (Å²) in [6, 6.07) is 7.94. The molecule has 0 saturated carbocycles. The average molecular weight is 291 g/mol. The molecule has 0 aliphatic carbocycles. The molecule has 1 aliphatic rings. The molecule has 2 aromatic rings. The van der Waals surface area contributed by atoms with Gasteiger partial charge in [-0.05, 0) is 31.5 Å². The quantitative estimate of drug-likeness (QED) is 0.899. The molecule has 1 aromatic heterocycles. The first-order valence-corrected chi connectivity index (χ1v) is 7.58. The number of hydrogen-bond donors (Lipinski definition) is 2. The van der Waals surface area contributed by atoms with Crippen LogP contribution in [0.1, 0.15) is 12.8 Å². The third kappa shape index (κ3) is 2.82. The number of hydrogen-bond acceptors (Lipinski definition) is 5. The van der Waals surface area contributed by atoms with Gasteiger partial charge in [0.15, 0.2) is 5.13 Å². The van der Waals surface area contributed by atoms with Crippen molar-refractivity contribution in [3.05, 3.63) is 24.3 Å². The van der Waals surface area contributed by atoms with Gasteiger partial charge in [-0.15, -0.1) is 0 Å². The van der Waals surface area contributed by atoms with Gasteiger partial charge in [0.05, 0.1) is 23.4 Å². The van der Waals surface area contributed by atoms with Crippen LogP contribution in [0.5, 0.6) is 0 Å². The van der Waals surface area contributed by atoms with Crippen molar-refractivity contribution in [2.45, 2.75) is 18.9 Å². The number of benzene rings is 1. The lowest BCUT2D eigenvalue weighted by Gasteiger charge is -2.21. The van der Waals surface area contributed by atoms with E-state index in [1.807, 2.05) is 29.2 Å². The second-order valence-electron chi connectivity index (χ2n) is 4.98. The molecule has 1 unspecified atom stereocenters. The molecule has 1 aromatic carbocycles. The molecule has 1 amide bonds. The fourth-order valence-corrected chi connectivity index (χ4v) is 3.46. The van der Waals surface area contributed by atoms with Crippen LogP contribution in [-0.2, 0) is 4.79 Å². The number of fused-ring (bicyclic) bond motifs is 1. The SMILES string of the molecule is O=C(CN1CCCC1CO)Nc1nc2ccccc2s1. The molecule has 6 heteroatoms. The number of carbonyl (C=O) groups is 1. The van der Waals surface area contributed by atoms with Crippen LogP contribution in [0.15, 0.2) is 24.3 Å². The lowest BCUT2D eigenvalue weighted by molar-refractivity contribution is -0.117. The summed E-state index contributed by atoms with van der Waals surface area (Å²) >= 11 is 1.48. The molecular formula is C14H17N3O2S. The van der Waals surface area contributed by atoms with E-state index in [0.29, 0.717) is 11.7 Å². The van der Waals surface area contributed by atoms with E-state index in [0.717, 1.165) is 29.6 Å². The topological polar surface area (TPSA) is 65.5 Å². The van der Waals surface area contributed by atoms with Crippen molar-refractivity contribution >= 4 is 32.6 Å². The molecule has 0 bridgehead atoms. The molecule has 106 valence electrons. The van der Waals surface area contributed by atoms with Crippen LogP contribution in [0.2, 0.25) is 0 Å². The van der Waals surface area contributed by atoms with Gasteiger partial charge in [-0.2, -0.15) is 0 Å².